The number of hydrogen-bond acceptors (Lipinski definition) is 5. The summed E-state index contributed by atoms with van der Waals surface area (Å²) in [5.74, 6) is 1.96. The van der Waals surface area contributed by atoms with E-state index >= 15 is 0 Å². The Morgan fingerprint density at radius 1 is 1.16 bits per heavy atom. The van der Waals surface area contributed by atoms with Crippen LogP contribution in [0.25, 0.3) is 0 Å². The summed E-state index contributed by atoms with van der Waals surface area (Å²) in [5.41, 5.74) is 0.860. The molecule has 5 nitrogen and oxygen atoms in total. The molecule has 0 saturated carbocycles. The fourth-order valence-electron chi connectivity index (χ4n) is 1.57. The Bertz CT molecular complexity index is 517. The quantitative estimate of drug-likeness (QED) is 0.807. The molecule has 2 aromatic rings. The Hall–Kier alpha value is -2.30. The molecule has 2 rings (SSSR count). The highest BCUT2D eigenvalue weighted by molar-refractivity contribution is 5.30. The van der Waals surface area contributed by atoms with E-state index in [1.54, 1.807) is 13.2 Å². The zero-order valence-electron chi connectivity index (χ0n) is 11.1. The minimum Gasteiger partial charge on any atom is -0.492 e. The SMILES string of the molecule is COc1cc(C)nc(NCCOc2ccccc2)n1. The maximum atomic E-state index is 5.57. The number of benzene rings is 1. The zero-order valence-corrected chi connectivity index (χ0v) is 11.1. The second-order valence-electron chi connectivity index (χ2n) is 3.96. The molecule has 5 heteroatoms. The van der Waals surface area contributed by atoms with Gasteiger partial charge in [-0.15, -0.1) is 0 Å². The molecule has 0 saturated heterocycles. The van der Waals surface area contributed by atoms with Crippen molar-refractivity contribution in [1.29, 1.82) is 0 Å². The van der Waals surface area contributed by atoms with E-state index in [0.717, 1.165) is 11.4 Å². The van der Waals surface area contributed by atoms with Gasteiger partial charge in [0.1, 0.15) is 12.4 Å². The van der Waals surface area contributed by atoms with Gasteiger partial charge in [-0.3, -0.25) is 0 Å². The van der Waals surface area contributed by atoms with Crippen molar-refractivity contribution < 1.29 is 9.47 Å². The molecular formula is C14H17N3O2. The zero-order chi connectivity index (χ0) is 13.5. The summed E-state index contributed by atoms with van der Waals surface area (Å²) in [4.78, 5) is 8.47. The highest BCUT2D eigenvalue weighted by Crippen LogP contribution is 2.11. The van der Waals surface area contributed by atoms with Crippen LogP contribution >= 0.6 is 0 Å². The molecule has 0 aliphatic heterocycles. The van der Waals surface area contributed by atoms with Gasteiger partial charge in [-0.1, -0.05) is 18.2 Å². The third-order valence-corrected chi connectivity index (χ3v) is 2.44. The smallest absolute Gasteiger partial charge is 0.226 e. The van der Waals surface area contributed by atoms with Gasteiger partial charge >= 0.3 is 0 Å². The number of aryl methyl sites for hydroxylation is 1. The first-order valence-corrected chi connectivity index (χ1v) is 6.09. The van der Waals surface area contributed by atoms with Crippen LogP contribution in [-0.2, 0) is 0 Å². The maximum absolute atomic E-state index is 5.57. The van der Waals surface area contributed by atoms with Gasteiger partial charge in [0.2, 0.25) is 11.8 Å². The van der Waals surface area contributed by atoms with Crippen LogP contribution in [0.4, 0.5) is 5.95 Å². The van der Waals surface area contributed by atoms with Gasteiger partial charge in [0.15, 0.2) is 0 Å². The average molecular weight is 259 g/mol. The van der Waals surface area contributed by atoms with Crippen molar-refractivity contribution in [3.8, 4) is 11.6 Å². The van der Waals surface area contributed by atoms with Crippen LogP contribution in [0.1, 0.15) is 5.69 Å². The summed E-state index contributed by atoms with van der Waals surface area (Å²) in [6.07, 6.45) is 0. The third-order valence-electron chi connectivity index (χ3n) is 2.44. The van der Waals surface area contributed by atoms with Crippen molar-refractivity contribution in [1.82, 2.24) is 9.97 Å². The van der Waals surface area contributed by atoms with Crippen LogP contribution < -0.4 is 14.8 Å². The Labute approximate surface area is 112 Å². The normalized spacial score (nSPS) is 10.0. The number of anilines is 1. The number of rotatable bonds is 6. The van der Waals surface area contributed by atoms with Gasteiger partial charge in [-0.2, -0.15) is 4.98 Å². The van der Waals surface area contributed by atoms with Crippen LogP contribution in [0.2, 0.25) is 0 Å². The van der Waals surface area contributed by atoms with Crippen molar-refractivity contribution in [3.05, 3.63) is 42.1 Å². The van der Waals surface area contributed by atoms with E-state index in [9.17, 15) is 0 Å². The topological polar surface area (TPSA) is 56.3 Å². The molecule has 100 valence electrons. The molecule has 0 bridgehead atoms. The summed E-state index contributed by atoms with van der Waals surface area (Å²) in [5, 5.41) is 3.10. The first kappa shape index (κ1) is 13.1. The van der Waals surface area contributed by atoms with Gasteiger partial charge < -0.3 is 14.8 Å². The number of nitrogens with zero attached hydrogens (tertiary/aromatic N) is 2. The van der Waals surface area contributed by atoms with Crippen LogP contribution in [0.5, 0.6) is 11.6 Å². The molecule has 0 radical (unpaired) electrons. The number of aromatic nitrogens is 2. The largest absolute Gasteiger partial charge is 0.492 e. The van der Waals surface area contributed by atoms with Crippen LogP contribution in [0, 0.1) is 6.92 Å². The van der Waals surface area contributed by atoms with Gasteiger partial charge in [-0.05, 0) is 19.1 Å². The second kappa shape index (κ2) is 6.58. The van der Waals surface area contributed by atoms with Gasteiger partial charge in [0.05, 0.1) is 13.7 Å². The molecule has 0 aliphatic carbocycles. The maximum Gasteiger partial charge on any atom is 0.226 e. The summed E-state index contributed by atoms with van der Waals surface area (Å²) in [7, 11) is 1.59. The standard InChI is InChI=1S/C14H17N3O2/c1-11-10-13(18-2)17-14(16-11)15-8-9-19-12-6-4-3-5-7-12/h3-7,10H,8-9H2,1-2H3,(H,15,16,17). The van der Waals surface area contributed by atoms with E-state index in [0.29, 0.717) is 25.0 Å². The molecule has 1 heterocycles. The van der Waals surface area contributed by atoms with Gasteiger partial charge in [0, 0.05) is 11.8 Å². The number of methoxy groups -OCH3 is 1. The van der Waals surface area contributed by atoms with E-state index in [1.807, 2.05) is 37.3 Å². The number of para-hydroxylation sites is 1. The fourth-order valence-corrected chi connectivity index (χ4v) is 1.57. The monoisotopic (exact) mass is 259 g/mol. The Morgan fingerprint density at radius 3 is 2.68 bits per heavy atom. The van der Waals surface area contributed by atoms with E-state index in [2.05, 4.69) is 15.3 Å². The van der Waals surface area contributed by atoms with Crippen molar-refractivity contribution in [2.24, 2.45) is 0 Å². The molecule has 0 amide bonds. The molecule has 1 aromatic heterocycles. The molecule has 0 fully saturated rings. The first-order valence-electron chi connectivity index (χ1n) is 6.09. The van der Waals surface area contributed by atoms with Crippen LogP contribution in [0.15, 0.2) is 36.4 Å². The van der Waals surface area contributed by atoms with E-state index in [4.69, 9.17) is 9.47 Å². The lowest BCUT2D eigenvalue weighted by atomic mass is 10.3. The Kier molecular flexibility index (Phi) is 4.55. The fraction of sp³-hybridized carbons (Fsp3) is 0.286. The van der Waals surface area contributed by atoms with Crippen molar-refractivity contribution in [2.45, 2.75) is 6.92 Å². The first-order chi connectivity index (χ1) is 9.28. The summed E-state index contributed by atoms with van der Waals surface area (Å²) < 4.78 is 10.7. The highest BCUT2D eigenvalue weighted by Gasteiger charge is 2.01. The van der Waals surface area contributed by atoms with Crippen LogP contribution in [-0.4, -0.2) is 30.2 Å². The lowest BCUT2D eigenvalue weighted by Gasteiger charge is -2.08. The Morgan fingerprint density at radius 2 is 1.95 bits per heavy atom. The van der Waals surface area contributed by atoms with E-state index in [-0.39, 0.29) is 0 Å². The molecule has 19 heavy (non-hydrogen) atoms. The van der Waals surface area contributed by atoms with Gasteiger partial charge in [-0.25, -0.2) is 4.98 Å². The Balaban J connectivity index is 1.81. The summed E-state index contributed by atoms with van der Waals surface area (Å²) >= 11 is 0. The minimum absolute atomic E-state index is 0.545. The average Bonchev–Trinajstić information content (AvgIpc) is 2.44. The minimum atomic E-state index is 0.545. The second-order valence-corrected chi connectivity index (χ2v) is 3.96. The molecule has 1 N–H and O–H groups in total. The van der Waals surface area contributed by atoms with Crippen molar-refractivity contribution in [3.63, 3.8) is 0 Å². The number of hydrogen-bond donors (Lipinski definition) is 1. The molecular weight excluding hydrogens is 242 g/mol. The molecule has 1 aromatic carbocycles. The third kappa shape index (κ3) is 4.13. The molecule has 0 atom stereocenters. The molecule has 0 spiro atoms. The summed E-state index contributed by atoms with van der Waals surface area (Å²) in [6, 6.07) is 11.5. The van der Waals surface area contributed by atoms with Crippen molar-refractivity contribution in [2.75, 3.05) is 25.6 Å². The lowest BCUT2D eigenvalue weighted by Crippen LogP contribution is -2.13. The highest BCUT2D eigenvalue weighted by atomic mass is 16.5. The van der Waals surface area contributed by atoms with Crippen molar-refractivity contribution >= 4 is 5.95 Å². The molecule has 0 unspecified atom stereocenters. The lowest BCUT2D eigenvalue weighted by molar-refractivity contribution is 0.332. The molecule has 0 aliphatic rings. The van der Waals surface area contributed by atoms with E-state index < -0.39 is 0 Å². The summed E-state index contributed by atoms with van der Waals surface area (Å²) in [6.45, 7) is 3.07. The van der Waals surface area contributed by atoms with E-state index in [1.165, 1.54) is 0 Å². The number of ether oxygens (including phenoxy) is 2. The predicted molar refractivity (Wildman–Crippen MR) is 73.7 cm³/mol. The number of nitrogens with one attached hydrogen (secondary N) is 1. The predicted octanol–water partition coefficient (Wildman–Crippen LogP) is 2.28. The van der Waals surface area contributed by atoms with Gasteiger partial charge in [0.25, 0.3) is 0 Å². The van der Waals surface area contributed by atoms with Crippen LogP contribution in [0.3, 0.4) is 0 Å².